The monoisotopic (exact) mass is 511 g/mol. The van der Waals surface area contributed by atoms with E-state index in [1.165, 1.54) is 0 Å². The van der Waals surface area contributed by atoms with Crippen LogP contribution in [-0.4, -0.2) is 17.2 Å². The van der Waals surface area contributed by atoms with Gasteiger partial charge < -0.3 is 5.11 Å². The molecule has 3 nitrogen and oxygen atoms in total. The maximum atomic E-state index is 13.4. The Morgan fingerprint density at radius 3 is 1.86 bits per heavy atom. The molecule has 0 aliphatic carbocycles. The minimum Gasteiger partial charge on any atom is -0.465 e. The van der Waals surface area contributed by atoms with Crippen LogP contribution in [0.4, 0.5) is 50.0 Å². The molecule has 190 valence electrons. The summed E-state index contributed by atoms with van der Waals surface area (Å²) in [6, 6.07) is 2.30. The third-order valence-corrected chi connectivity index (χ3v) is 5.92. The molecule has 0 bridgehead atoms. The first kappa shape index (κ1) is 26.4. The van der Waals surface area contributed by atoms with Crippen LogP contribution >= 0.6 is 0 Å². The smallest absolute Gasteiger partial charge is 0.416 e. The number of halogens is 9. The summed E-state index contributed by atoms with van der Waals surface area (Å²) in [7, 11) is 0. The number of carbonyl (C=O) groups is 1. The Balaban J connectivity index is 2.23. The van der Waals surface area contributed by atoms with Gasteiger partial charge in [-0.15, -0.1) is 0 Å². The third-order valence-electron chi connectivity index (χ3n) is 5.92. The molecule has 3 rings (SSSR count). The van der Waals surface area contributed by atoms with Gasteiger partial charge in [-0.3, -0.25) is 4.90 Å². The van der Waals surface area contributed by atoms with E-state index >= 15 is 0 Å². The maximum absolute atomic E-state index is 13.4. The van der Waals surface area contributed by atoms with E-state index in [4.69, 9.17) is 0 Å². The fourth-order valence-corrected chi connectivity index (χ4v) is 4.21. The number of carboxylic acid groups (broad SMARTS) is 1. The van der Waals surface area contributed by atoms with Crippen molar-refractivity contribution in [3.05, 3.63) is 70.8 Å². The molecule has 0 saturated heterocycles. The van der Waals surface area contributed by atoms with E-state index in [1.807, 2.05) is 0 Å². The van der Waals surface area contributed by atoms with E-state index in [1.54, 1.807) is 6.92 Å². The molecule has 1 aliphatic heterocycles. The minimum absolute atomic E-state index is 0.0611. The standard InChI is InChI=1S/C23H18F9NO2/c1-3-16-10-17(18-9-13(21(24,25)26)4-5-19(18)33(16)20(34)35)11(2)12-6-14(22(27,28)29)8-15(7-12)23(30,31)32/h4-9,16-17H,2-3,10H2,1H3,(H,34,35). The van der Waals surface area contributed by atoms with Gasteiger partial charge >= 0.3 is 24.6 Å². The van der Waals surface area contributed by atoms with Gasteiger partial charge in [0.1, 0.15) is 0 Å². The first-order valence-electron chi connectivity index (χ1n) is 10.2. The summed E-state index contributed by atoms with van der Waals surface area (Å²) in [6.45, 7) is 5.24. The van der Waals surface area contributed by atoms with Gasteiger partial charge in [0.25, 0.3) is 0 Å². The molecule has 1 aliphatic rings. The van der Waals surface area contributed by atoms with Crippen molar-refractivity contribution in [3.8, 4) is 0 Å². The molecular formula is C23H18F9NO2. The zero-order chi connectivity index (χ0) is 26.5. The lowest BCUT2D eigenvalue weighted by Gasteiger charge is -2.40. The molecular weight excluding hydrogens is 493 g/mol. The molecule has 1 amide bonds. The lowest BCUT2D eigenvalue weighted by atomic mass is 9.77. The van der Waals surface area contributed by atoms with Gasteiger partial charge in [-0.2, -0.15) is 39.5 Å². The summed E-state index contributed by atoms with van der Waals surface area (Å²) in [4.78, 5) is 12.7. The number of alkyl halides is 9. The Kier molecular flexibility index (Phi) is 6.64. The van der Waals surface area contributed by atoms with Gasteiger partial charge in [0.05, 0.1) is 22.4 Å². The number of amides is 1. The number of benzene rings is 2. The van der Waals surface area contributed by atoms with Crippen LogP contribution in [0.15, 0.2) is 43.0 Å². The van der Waals surface area contributed by atoms with Crippen molar-refractivity contribution in [1.82, 2.24) is 0 Å². The predicted molar refractivity (Wildman–Crippen MR) is 109 cm³/mol. The van der Waals surface area contributed by atoms with Gasteiger partial charge in [0, 0.05) is 12.0 Å². The molecule has 2 atom stereocenters. The number of allylic oxidation sites excluding steroid dienone is 1. The summed E-state index contributed by atoms with van der Waals surface area (Å²) in [5, 5.41) is 9.64. The molecule has 1 heterocycles. The van der Waals surface area contributed by atoms with Crippen molar-refractivity contribution in [2.45, 2.75) is 50.3 Å². The fraction of sp³-hybridized carbons (Fsp3) is 0.348. The fourth-order valence-electron chi connectivity index (χ4n) is 4.21. The number of nitrogens with zero attached hydrogens (tertiary/aromatic N) is 1. The average Bonchev–Trinajstić information content (AvgIpc) is 2.74. The third kappa shape index (κ3) is 5.25. The molecule has 2 unspecified atom stereocenters. The largest absolute Gasteiger partial charge is 0.465 e. The lowest BCUT2D eigenvalue weighted by molar-refractivity contribution is -0.143. The zero-order valence-electron chi connectivity index (χ0n) is 17.9. The number of fused-ring (bicyclic) bond motifs is 1. The zero-order valence-corrected chi connectivity index (χ0v) is 17.9. The van der Waals surface area contributed by atoms with Crippen molar-refractivity contribution in [2.24, 2.45) is 0 Å². The molecule has 35 heavy (non-hydrogen) atoms. The van der Waals surface area contributed by atoms with E-state index in [9.17, 15) is 49.4 Å². The summed E-state index contributed by atoms with van der Waals surface area (Å²) >= 11 is 0. The van der Waals surface area contributed by atoms with Gasteiger partial charge in [0.2, 0.25) is 0 Å². The lowest BCUT2D eigenvalue weighted by Crippen LogP contribution is -2.44. The molecule has 0 spiro atoms. The molecule has 0 radical (unpaired) electrons. The van der Waals surface area contributed by atoms with Crippen molar-refractivity contribution in [3.63, 3.8) is 0 Å². The first-order valence-corrected chi connectivity index (χ1v) is 10.2. The summed E-state index contributed by atoms with van der Waals surface area (Å²) < 4.78 is 120. The Bertz CT molecular complexity index is 1120. The highest BCUT2D eigenvalue weighted by atomic mass is 19.4. The van der Waals surface area contributed by atoms with Crippen LogP contribution in [0.2, 0.25) is 0 Å². The van der Waals surface area contributed by atoms with Crippen LogP contribution in [-0.2, 0) is 18.5 Å². The van der Waals surface area contributed by atoms with E-state index in [0.29, 0.717) is 24.3 Å². The predicted octanol–water partition coefficient (Wildman–Crippen LogP) is 8.21. The Hall–Kier alpha value is -3.18. The van der Waals surface area contributed by atoms with Gasteiger partial charge in [-0.1, -0.05) is 13.5 Å². The van der Waals surface area contributed by atoms with Crippen LogP contribution in [0.1, 0.15) is 53.5 Å². The number of rotatable bonds is 3. The van der Waals surface area contributed by atoms with Crippen LogP contribution in [0, 0.1) is 0 Å². The van der Waals surface area contributed by atoms with Crippen molar-refractivity contribution >= 4 is 17.4 Å². The highest BCUT2D eigenvalue weighted by molar-refractivity contribution is 5.90. The molecule has 0 fully saturated rings. The van der Waals surface area contributed by atoms with Crippen LogP contribution in [0.25, 0.3) is 5.57 Å². The van der Waals surface area contributed by atoms with Gasteiger partial charge in [-0.05, 0) is 65.9 Å². The average molecular weight is 511 g/mol. The normalized spacial score (nSPS) is 18.9. The highest BCUT2D eigenvalue weighted by Crippen LogP contribution is 2.48. The minimum atomic E-state index is -5.13. The van der Waals surface area contributed by atoms with Crippen molar-refractivity contribution < 1.29 is 49.4 Å². The maximum Gasteiger partial charge on any atom is 0.416 e. The quantitative estimate of drug-likeness (QED) is 0.422. The van der Waals surface area contributed by atoms with E-state index in [-0.39, 0.29) is 35.7 Å². The Morgan fingerprint density at radius 2 is 1.43 bits per heavy atom. The van der Waals surface area contributed by atoms with E-state index in [2.05, 4.69) is 6.58 Å². The highest BCUT2D eigenvalue weighted by Gasteiger charge is 2.41. The SMILES string of the molecule is C=C(c1cc(C(F)(F)F)cc(C(F)(F)F)c1)C1CC(CC)N(C(=O)O)c2ccc(C(F)(F)F)cc21. The molecule has 0 aromatic heterocycles. The molecule has 12 heteroatoms. The summed E-state index contributed by atoms with van der Waals surface area (Å²) in [5.41, 5.74) is -5.52. The molecule has 1 N–H and O–H groups in total. The van der Waals surface area contributed by atoms with Crippen LogP contribution in [0.3, 0.4) is 0 Å². The number of hydrogen-bond donors (Lipinski definition) is 1. The summed E-state index contributed by atoms with van der Waals surface area (Å²) in [5.74, 6) is -1.17. The topological polar surface area (TPSA) is 40.5 Å². The Labute approximate surface area is 193 Å². The van der Waals surface area contributed by atoms with Gasteiger partial charge in [0.15, 0.2) is 0 Å². The second-order valence-corrected chi connectivity index (χ2v) is 8.09. The molecule has 0 saturated carbocycles. The second-order valence-electron chi connectivity index (χ2n) is 8.09. The van der Waals surface area contributed by atoms with Crippen LogP contribution < -0.4 is 4.90 Å². The first-order chi connectivity index (χ1) is 15.9. The number of anilines is 1. The second kappa shape index (κ2) is 8.80. The molecule has 2 aromatic rings. The summed E-state index contributed by atoms with van der Waals surface area (Å²) in [6.07, 6.45) is -16.5. The van der Waals surface area contributed by atoms with Gasteiger partial charge in [-0.25, -0.2) is 4.79 Å². The van der Waals surface area contributed by atoms with Crippen molar-refractivity contribution in [1.29, 1.82) is 0 Å². The molecule has 2 aromatic carbocycles. The van der Waals surface area contributed by atoms with E-state index in [0.717, 1.165) is 11.0 Å². The number of hydrogen-bond acceptors (Lipinski definition) is 1. The van der Waals surface area contributed by atoms with E-state index < -0.39 is 58.8 Å². The van der Waals surface area contributed by atoms with Crippen LogP contribution in [0.5, 0.6) is 0 Å². The van der Waals surface area contributed by atoms with Crippen molar-refractivity contribution in [2.75, 3.05) is 4.90 Å². The Morgan fingerprint density at radius 1 is 0.914 bits per heavy atom.